The minimum absolute atomic E-state index is 0.593. The van der Waals surface area contributed by atoms with Crippen molar-refractivity contribution >= 4 is 0 Å². The lowest BCUT2D eigenvalue weighted by atomic mass is 10.3. The van der Waals surface area contributed by atoms with Crippen LogP contribution in [0.2, 0.25) is 0 Å². The number of hydrogen-bond acceptors (Lipinski definition) is 1. The van der Waals surface area contributed by atoms with Crippen LogP contribution in [0.15, 0.2) is 24.9 Å². The summed E-state index contributed by atoms with van der Waals surface area (Å²) in [5, 5.41) is 0. The van der Waals surface area contributed by atoms with Gasteiger partial charge in [0.05, 0.1) is 0 Å². The Morgan fingerprint density at radius 1 is 1.36 bits per heavy atom. The topological polar surface area (TPSA) is 3.24 Å². The van der Waals surface area contributed by atoms with Crippen molar-refractivity contribution in [2.24, 2.45) is 0 Å². The zero-order valence-corrected chi connectivity index (χ0v) is 7.88. The summed E-state index contributed by atoms with van der Waals surface area (Å²) >= 11 is 0. The first-order valence-corrected chi connectivity index (χ1v) is 4.18. The molecule has 0 aromatic heterocycles. The molecule has 0 atom stereocenters. The van der Waals surface area contributed by atoms with E-state index in [4.69, 9.17) is 0 Å². The first-order chi connectivity index (χ1) is 5.18. The minimum Gasteiger partial charge on any atom is -0.378 e. The molecule has 0 aromatic carbocycles. The van der Waals surface area contributed by atoms with Gasteiger partial charge in [0.15, 0.2) is 0 Å². The smallest absolute Gasteiger partial charge is 0.0224 e. The third kappa shape index (κ3) is 5.71. The van der Waals surface area contributed by atoms with Crippen LogP contribution in [0.25, 0.3) is 0 Å². The molecule has 0 aromatic rings. The molecule has 0 saturated heterocycles. The third-order valence-electron chi connectivity index (χ3n) is 1.69. The average molecular weight is 153 g/mol. The molecule has 0 N–H and O–H groups in total. The van der Waals surface area contributed by atoms with Gasteiger partial charge >= 0.3 is 0 Å². The van der Waals surface area contributed by atoms with Crippen LogP contribution < -0.4 is 0 Å². The molecule has 0 aliphatic carbocycles. The third-order valence-corrected chi connectivity index (χ3v) is 1.69. The fourth-order valence-electron chi connectivity index (χ4n) is 0.627. The fraction of sp³-hybridized carbons (Fsp3) is 0.600. The molecular formula is C10H19N. The average Bonchev–Trinajstić information content (AvgIpc) is 1.97. The molecule has 0 aliphatic heterocycles. The van der Waals surface area contributed by atoms with E-state index >= 15 is 0 Å². The van der Waals surface area contributed by atoms with Gasteiger partial charge in [0, 0.05) is 13.1 Å². The highest BCUT2D eigenvalue weighted by atomic mass is 15.1. The van der Waals surface area contributed by atoms with Crippen molar-refractivity contribution in [2.45, 2.75) is 32.7 Å². The Balaban J connectivity index is 3.47. The lowest BCUT2D eigenvalue weighted by molar-refractivity contribution is 0.374. The fourth-order valence-corrected chi connectivity index (χ4v) is 0.627. The van der Waals surface area contributed by atoms with E-state index in [9.17, 15) is 0 Å². The van der Waals surface area contributed by atoms with Crippen LogP contribution >= 0.6 is 0 Å². The molecule has 0 unspecified atom stereocenters. The number of hydrogen-bond donors (Lipinski definition) is 0. The van der Waals surface area contributed by atoms with Crippen molar-refractivity contribution in [3.05, 3.63) is 24.9 Å². The van der Waals surface area contributed by atoms with Gasteiger partial charge in [-0.05, 0) is 32.9 Å². The summed E-state index contributed by atoms with van der Waals surface area (Å²) in [6.45, 7) is 8.02. The molecule has 0 spiro atoms. The largest absolute Gasteiger partial charge is 0.378 e. The van der Waals surface area contributed by atoms with Crippen molar-refractivity contribution < 1.29 is 0 Å². The summed E-state index contributed by atoms with van der Waals surface area (Å²) in [5.74, 6) is 0. The Labute approximate surface area is 70.4 Å². The second kappa shape index (κ2) is 6.02. The quantitative estimate of drug-likeness (QED) is 0.433. The molecule has 0 amide bonds. The lowest BCUT2D eigenvalue weighted by Crippen LogP contribution is -2.19. The maximum atomic E-state index is 3.66. The normalized spacial score (nSPS) is 10.9. The summed E-state index contributed by atoms with van der Waals surface area (Å²) in [6.07, 6.45) is 8.43. The molecule has 0 bridgehead atoms. The predicted molar refractivity (Wildman–Crippen MR) is 51.5 cm³/mol. The van der Waals surface area contributed by atoms with Gasteiger partial charge < -0.3 is 4.90 Å². The minimum atomic E-state index is 0.593. The van der Waals surface area contributed by atoms with Gasteiger partial charge in [-0.1, -0.05) is 12.2 Å². The highest BCUT2D eigenvalue weighted by molar-refractivity contribution is 4.84. The lowest BCUT2D eigenvalue weighted by Gasteiger charge is -2.18. The summed E-state index contributed by atoms with van der Waals surface area (Å²) < 4.78 is 0. The Kier molecular flexibility index (Phi) is 5.63. The number of unbranched alkanes of at least 4 members (excludes halogenated alkanes) is 1. The van der Waals surface area contributed by atoms with E-state index in [0.29, 0.717) is 6.04 Å². The standard InChI is InChI=1S/C10H19N/c1-5-6-7-8-9-11(4)10(2)3/h5,8-10H,1,6-7H2,2-4H3/b9-8+. The van der Waals surface area contributed by atoms with Gasteiger partial charge in [-0.2, -0.15) is 0 Å². The van der Waals surface area contributed by atoms with Crippen LogP contribution in [0.1, 0.15) is 26.7 Å². The van der Waals surface area contributed by atoms with E-state index < -0.39 is 0 Å². The van der Waals surface area contributed by atoms with Crippen molar-refractivity contribution in [3.8, 4) is 0 Å². The van der Waals surface area contributed by atoms with Crippen LogP contribution in [-0.4, -0.2) is 18.0 Å². The van der Waals surface area contributed by atoms with E-state index in [1.165, 1.54) is 0 Å². The van der Waals surface area contributed by atoms with E-state index in [0.717, 1.165) is 12.8 Å². The number of allylic oxidation sites excluding steroid dienone is 2. The highest BCUT2D eigenvalue weighted by Crippen LogP contribution is 1.97. The molecule has 11 heavy (non-hydrogen) atoms. The van der Waals surface area contributed by atoms with Crippen LogP contribution in [0, 0.1) is 0 Å². The Morgan fingerprint density at radius 3 is 2.45 bits per heavy atom. The molecule has 0 aliphatic rings. The molecular weight excluding hydrogens is 134 g/mol. The second-order valence-electron chi connectivity index (χ2n) is 3.01. The molecule has 0 saturated carbocycles. The summed E-state index contributed by atoms with van der Waals surface area (Å²) in [6, 6.07) is 0.593. The molecule has 0 heterocycles. The number of nitrogens with zero attached hydrogens (tertiary/aromatic N) is 1. The van der Waals surface area contributed by atoms with E-state index in [1.807, 2.05) is 6.08 Å². The maximum absolute atomic E-state index is 3.66. The SMILES string of the molecule is C=CCC/C=C/N(C)C(C)C. The molecule has 0 fully saturated rings. The summed E-state index contributed by atoms with van der Waals surface area (Å²) in [7, 11) is 2.09. The Morgan fingerprint density at radius 2 is 2.00 bits per heavy atom. The van der Waals surface area contributed by atoms with E-state index in [2.05, 4.69) is 44.6 Å². The first-order valence-electron chi connectivity index (χ1n) is 4.18. The Hall–Kier alpha value is -0.720. The molecule has 1 heteroatoms. The van der Waals surface area contributed by atoms with Gasteiger partial charge in [-0.3, -0.25) is 0 Å². The maximum Gasteiger partial charge on any atom is 0.0224 e. The van der Waals surface area contributed by atoms with Crippen molar-refractivity contribution in [2.75, 3.05) is 7.05 Å². The van der Waals surface area contributed by atoms with Crippen LogP contribution in [0.3, 0.4) is 0 Å². The van der Waals surface area contributed by atoms with Gasteiger partial charge in [-0.15, -0.1) is 6.58 Å². The van der Waals surface area contributed by atoms with E-state index in [-0.39, 0.29) is 0 Å². The Bertz CT molecular complexity index is 125. The van der Waals surface area contributed by atoms with Gasteiger partial charge in [-0.25, -0.2) is 0 Å². The summed E-state index contributed by atoms with van der Waals surface area (Å²) in [4.78, 5) is 2.20. The van der Waals surface area contributed by atoms with Gasteiger partial charge in [0.2, 0.25) is 0 Å². The second-order valence-corrected chi connectivity index (χ2v) is 3.01. The molecule has 0 radical (unpaired) electrons. The monoisotopic (exact) mass is 153 g/mol. The zero-order chi connectivity index (χ0) is 8.69. The highest BCUT2D eigenvalue weighted by Gasteiger charge is 1.93. The molecule has 64 valence electrons. The van der Waals surface area contributed by atoms with Gasteiger partial charge in [0.1, 0.15) is 0 Å². The molecule has 1 nitrogen and oxygen atoms in total. The summed E-state index contributed by atoms with van der Waals surface area (Å²) in [5.41, 5.74) is 0. The van der Waals surface area contributed by atoms with Crippen LogP contribution in [0.5, 0.6) is 0 Å². The van der Waals surface area contributed by atoms with Gasteiger partial charge in [0.25, 0.3) is 0 Å². The van der Waals surface area contributed by atoms with Crippen LogP contribution in [-0.2, 0) is 0 Å². The first kappa shape index (κ1) is 10.3. The molecule has 0 rings (SSSR count). The van der Waals surface area contributed by atoms with Crippen molar-refractivity contribution in [3.63, 3.8) is 0 Å². The van der Waals surface area contributed by atoms with Crippen LogP contribution in [0.4, 0.5) is 0 Å². The predicted octanol–water partition coefficient (Wildman–Crippen LogP) is 2.81. The van der Waals surface area contributed by atoms with E-state index in [1.54, 1.807) is 0 Å². The zero-order valence-electron chi connectivity index (χ0n) is 7.88. The van der Waals surface area contributed by atoms with Crippen molar-refractivity contribution in [1.82, 2.24) is 4.90 Å². The van der Waals surface area contributed by atoms with Crippen molar-refractivity contribution in [1.29, 1.82) is 0 Å². The number of rotatable bonds is 5.